The van der Waals surface area contributed by atoms with Gasteiger partial charge in [-0.05, 0) is 12.8 Å². The first-order valence-electron chi connectivity index (χ1n) is 4.88. The number of carbonyl (C=O) groups is 2. The monoisotopic (exact) mass is 231 g/mol. The maximum atomic E-state index is 10.9. The van der Waals surface area contributed by atoms with Crippen molar-refractivity contribution in [3.8, 4) is 0 Å². The summed E-state index contributed by atoms with van der Waals surface area (Å²) in [6.07, 6.45) is 4.57. The minimum Gasteiger partial charge on any atom is -0.478 e. The number of carbonyl (C=O) groups excluding carboxylic acids is 1. The van der Waals surface area contributed by atoms with Gasteiger partial charge < -0.3 is 20.7 Å². The highest BCUT2D eigenvalue weighted by atomic mass is 16.5. The largest absolute Gasteiger partial charge is 0.478 e. The lowest BCUT2D eigenvalue weighted by atomic mass is 10.2. The van der Waals surface area contributed by atoms with Crippen molar-refractivity contribution >= 4 is 11.9 Å². The van der Waals surface area contributed by atoms with E-state index in [-0.39, 0.29) is 18.9 Å². The topological polar surface area (TPSA) is 108 Å². The molecule has 0 aromatic rings. The predicted octanol–water partition coefficient (Wildman–Crippen LogP) is 0.901. The molecule has 1 fully saturated rings. The Bertz CT molecular complexity index is 258. The molecular weight excluding hydrogens is 214 g/mol. The van der Waals surface area contributed by atoms with Crippen LogP contribution in [0.15, 0.2) is 12.2 Å². The molecule has 0 bridgehead atoms. The lowest BCUT2D eigenvalue weighted by molar-refractivity contribution is -0.139. The molecule has 1 atom stereocenters. The predicted molar refractivity (Wildman–Crippen MR) is 56.3 cm³/mol. The van der Waals surface area contributed by atoms with Gasteiger partial charge in [0, 0.05) is 25.2 Å². The second-order valence-corrected chi connectivity index (χ2v) is 3.26. The molecule has 92 valence electrons. The van der Waals surface area contributed by atoms with E-state index in [1.54, 1.807) is 0 Å². The Kier molecular flexibility index (Phi) is 7.15. The Hall–Kier alpha value is -1.40. The van der Waals surface area contributed by atoms with Gasteiger partial charge in [0.05, 0.1) is 12.7 Å². The van der Waals surface area contributed by atoms with Gasteiger partial charge >= 0.3 is 11.9 Å². The summed E-state index contributed by atoms with van der Waals surface area (Å²) in [6.45, 7) is 1.05. The van der Waals surface area contributed by atoms with Crippen LogP contribution < -0.4 is 6.15 Å². The molecule has 1 heterocycles. The second-order valence-electron chi connectivity index (χ2n) is 3.26. The van der Waals surface area contributed by atoms with Crippen LogP contribution in [0, 0.1) is 0 Å². The molecule has 6 nitrogen and oxygen atoms in total. The standard InChI is InChI=1S/C10H14O5.H3N/c11-9(12)3-4-10(13)15-7-5-8-2-1-6-14-8;/h3-4,8H,1-2,5-7H2,(H,11,12);1H3/b4-3+;. The molecule has 6 heteroatoms. The van der Waals surface area contributed by atoms with Crippen LogP contribution in [-0.2, 0) is 19.1 Å². The SMILES string of the molecule is N.O=C(O)/C=C/C(=O)OCCC1CCCO1. The number of rotatable bonds is 5. The van der Waals surface area contributed by atoms with Crippen molar-refractivity contribution in [3.63, 3.8) is 0 Å². The number of esters is 1. The molecule has 16 heavy (non-hydrogen) atoms. The molecule has 1 saturated heterocycles. The van der Waals surface area contributed by atoms with Gasteiger partial charge in [-0.15, -0.1) is 0 Å². The molecule has 0 aliphatic carbocycles. The van der Waals surface area contributed by atoms with Gasteiger partial charge in [0.25, 0.3) is 0 Å². The van der Waals surface area contributed by atoms with Gasteiger partial charge in [0.15, 0.2) is 0 Å². The third-order valence-electron chi connectivity index (χ3n) is 2.07. The maximum Gasteiger partial charge on any atom is 0.331 e. The van der Waals surface area contributed by atoms with Gasteiger partial charge in [0.1, 0.15) is 0 Å². The first-order chi connectivity index (χ1) is 7.18. The Balaban J connectivity index is 0.00000225. The summed E-state index contributed by atoms with van der Waals surface area (Å²) in [5.41, 5.74) is 0. The van der Waals surface area contributed by atoms with Crippen LogP contribution in [0.3, 0.4) is 0 Å². The summed E-state index contributed by atoms with van der Waals surface area (Å²) >= 11 is 0. The molecule has 1 aliphatic rings. The zero-order chi connectivity index (χ0) is 11.1. The summed E-state index contributed by atoms with van der Waals surface area (Å²) in [4.78, 5) is 21.0. The molecule has 1 unspecified atom stereocenters. The van der Waals surface area contributed by atoms with E-state index >= 15 is 0 Å². The van der Waals surface area contributed by atoms with E-state index in [4.69, 9.17) is 14.6 Å². The fourth-order valence-electron chi connectivity index (χ4n) is 1.35. The van der Waals surface area contributed by atoms with Crippen molar-refractivity contribution in [2.24, 2.45) is 0 Å². The van der Waals surface area contributed by atoms with Gasteiger partial charge in [-0.1, -0.05) is 0 Å². The van der Waals surface area contributed by atoms with E-state index in [0.29, 0.717) is 6.42 Å². The number of carboxylic acids is 1. The fourth-order valence-corrected chi connectivity index (χ4v) is 1.35. The summed E-state index contributed by atoms with van der Waals surface area (Å²) in [6, 6.07) is 0. The van der Waals surface area contributed by atoms with E-state index < -0.39 is 11.9 Å². The van der Waals surface area contributed by atoms with Gasteiger partial charge in [-0.3, -0.25) is 0 Å². The second kappa shape index (κ2) is 7.84. The van der Waals surface area contributed by atoms with Crippen LogP contribution in [0.25, 0.3) is 0 Å². The average molecular weight is 231 g/mol. The van der Waals surface area contributed by atoms with Crippen molar-refractivity contribution < 1.29 is 24.2 Å². The van der Waals surface area contributed by atoms with Crippen molar-refractivity contribution in [2.45, 2.75) is 25.4 Å². The van der Waals surface area contributed by atoms with Crippen LogP contribution in [0.5, 0.6) is 0 Å². The van der Waals surface area contributed by atoms with E-state index in [9.17, 15) is 9.59 Å². The van der Waals surface area contributed by atoms with Crippen LogP contribution in [0.4, 0.5) is 0 Å². The fraction of sp³-hybridized carbons (Fsp3) is 0.600. The highest BCUT2D eigenvalue weighted by molar-refractivity contribution is 5.90. The van der Waals surface area contributed by atoms with E-state index in [0.717, 1.165) is 31.6 Å². The number of aliphatic carboxylic acids is 1. The zero-order valence-electron chi connectivity index (χ0n) is 9.05. The van der Waals surface area contributed by atoms with Gasteiger partial charge in [0.2, 0.25) is 0 Å². The first-order valence-corrected chi connectivity index (χ1v) is 4.88. The highest BCUT2D eigenvalue weighted by Gasteiger charge is 2.15. The molecule has 1 aliphatic heterocycles. The van der Waals surface area contributed by atoms with Crippen molar-refractivity contribution in [3.05, 3.63) is 12.2 Å². The van der Waals surface area contributed by atoms with Crippen LogP contribution in [-0.4, -0.2) is 36.4 Å². The van der Waals surface area contributed by atoms with Crippen molar-refractivity contribution in [1.29, 1.82) is 0 Å². The Morgan fingerprint density at radius 2 is 2.19 bits per heavy atom. The Labute approximate surface area is 93.8 Å². The molecule has 0 saturated carbocycles. The first kappa shape index (κ1) is 14.6. The van der Waals surface area contributed by atoms with E-state index in [2.05, 4.69) is 0 Å². The van der Waals surface area contributed by atoms with Crippen LogP contribution in [0.2, 0.25) is 0 Å². The molecule has 0 aromatic heterocycles. The Morgan fingerprint density at radius 3 is 2.75 bits per heavy atom. The van der Waals surface area contributed by atoms with Crippen molar-refractivity contribution in [2.75, 3.05) is 13.2 Å². The van der Waals surface area contributed by atoms with E-state index in [1.165, 1.54) is 0 Å². The minimum absolute atomic E-state index is 0. The smallest absolute Gasteiger partial charge is 0.331 e. The molecule has 4 N–H and O–H groups in total. The van der Waals surface area contributed by atoms with Crippen LogP contribution in [0.1, 0.15) is 19.3 Å². The molecule has 0 spiro atoms. The maximum absolute atomic E-state index is 10.9. The van der Waals surface area contributed by atoms with E-state index in [1.807, 2.05) is 0 Å². The number of hydrogen-bond donors (Lipinski definition) is 2. The quantitative estimate of drug-likeness (QED) is 0.537. The average Bonchev–Trinajstić information content (AvgIpc) is 2.67. The van der Waals surface area contributed by atoms with Gasteiger partial charge in [-0.2, -0.15) is 0 Å². The number of hydrogen-bond acceptors (Lipinski definition) is 5. The summed E-state index contributed by atoms with van der Waals surface area (Å²) < 4.78 is 10.1. The van der Waals surface area contributed by atoms with Crippen molar-refractivity contribution in [1.82, 2.24) is 6.15 Å². The third-order valence-corrected chi connectivity index (χ3v) is 2.07. The molecule has 0 amide bonds. The number of ether oxygens (including phenoxy) is 2. The lowest BCUT2D eigenvalue weighted by Crippen LogP contribution is -2.11. The normalized spacial score (nSPS) is 19.4. The minimum atomic E-state index is -1.16. The summed E-state index contributed by atoms with van der Waals surface area (Å²) in [5.74, 6) is -1.79. The molecule has 0 radical (unpaired) electrons. The highest BCUT2D eigenvalue weighted by Crippen LogP contribution is 2.14. The van der Waals surface area contributed by atoms with Crippen LogP contribution >= 0.6 is 0 Å². The molecular formula is C10H17NO5. The summed E-state index contributed by atoms with van der Waals surface area (Å²) in [7, 11) is 0. The number of carboxylic acid groups (broad SMARTS) is 1. The third kappa shape index (κ3) is 6.15. The molecule has 0 aromatic carbocycles. The van der Waals surface area contributed by atoms with Gasteiger partial charge in [-0.25, -0.2) is 9.59 Å². The lowest BCUT2D eigenvalue weighted by Gasteiger charge is -2.08. The molecule has 1 rings (SSSR count). The Morgan fingerprint density at radius 1 is 1.44 bits per heavy atom. The zero-order valence-corrected chi connectivity index (χ0v) is 9.05. The summed E-state index contributed by atoms with van der Waals surface area (Å²) in [5, 5.41) is 8.25.